The number of ketones is 1. The first-order valence-electron chi connectivity index (χ1n) is 8.93. The van der Waals surface area contributed by atoms with Crippen LogP contribution in [0.4, 0.5) is 11.4 Å². The average molecular weight is 366 g/mol. The lowest BCUT2D eigenvalue weighted by Gasteiger charge is -2.17. The third-order valence-electron chi connectivity index (χ3n) is 4.51. The minimum atomic E-state index is -0.420. The largest absolute Gasteiger partial charge is 0.494 e. The van der Waals surface area contributed by atoms with E-state index in [1.807, 2.05) is 31.2 Å². The summed E-state index contributed by atoms with van der Waals surface area (Å²) in [7, 11) is 0. The fraction of sp³-hybridized carbons (Fsp3) is 0.286. The van der Waals surface area contributed by atoms with Crippen LogP contribution in [0.5, 0.6) is 5.75 Å². The number of amides is 2. The van der Waals surface area contributed by atoms with Gasteiger partial charge in [-0.3, -0.25) is 14.4 Å². The monoisotopic (exact) mass is 366 g/mol. The van der Waals surface area contributed by atoms with Crippen molar-refractivity contribution in [3.8, 4) is 5.75 Å². The Balaban J connectivity index is 1.63. The summed E-state index contributed by atoms with van der Waals surface area (Å²) in [6, 6.07) is 14.0. The van der Waals surface area contributed by atoms with Crippen molar-refractivity contribution in [2.75, 3.05) is 23.4 Å². The average Bonchev–Trinajstić information content (AvgIpc) is 3.05. The molecule has 140 valence electrons. The van der Waals surface area contributed by atoms with Crippen LogP contribution >= 0.6 is 0 Å². The summed E-state index contributed by atoms with van der Waals surface area (Å²) in [4.78, 5) is 37.8. The predicted molar refractivity (Wildman–Crippen MR) is 103 cm³/mol. The molecule has 6 nitrogen and oxygen atoms in total. The lowest BCUT2D eigenvalue weighted by Crippen LogP contribution is -2.28. The minimum Gasteiger partial charge on any atom is -0.494 e. The summed E-state index contributed by atoms with van der Waals surface area (Å²) in [6.07, 6.45) is 0.171. The molecule has 1 atom stereocenters. The Kier molecular flexibility index (Phi) is 5.54. The Hall–Kier alpha value is -3.15. The molecule has 0 aliphatic carbocycles. The van der Waals surface area contributed by atoms with Gasteiger partial charge in [0.25, 0.3) is 0 Å². The smallest absolute Gasteiger partial charge is 0.229 e. The first kappa shape index (κ1) is 18.6. The van der Waals surface area contributed by atoms with Crippen LogP contribution in [0.1, 0.15) is 30.6 Å². The number of hydrogen-bond acceptors (Lipinski definition) is 4. The van der Waals surface area contributed by atoms with E-state index < -0.39 is 5.92 Å². The van der Waals surface area contributed by atoms with Crippen molar-refractivity contribution in [3.63, 3.8) is 0 Å². The van der Waals surface area contributed by atoms with E-state index in [-0.39, 0.29) is 24.0 Å². The van der Waals surface area contributed by atoms with E-state index in [2.05, 4.69) is 5.32 Å². The van der Waals surface area contributed by atoms with Crippen molar-refractivity contribution in [2.45, 2.75) is 20.3 Å². The molecule has 1 heterocycles. The second-order valence-electron chi connectivity index (χ2n) is 6.46. The fourth-order valence-electron chi connectivity index (χ4n) is 3.05. The molecule has 6 heteroatoms. The van der Waals surface area contributed by atoms with Gasteiger partial charge in [0, 0.05) is 29.9 Å². The molecular formula is C21H22N2O4. The van der Waals surface area contributed by atoms with Crippen molar-refractivity contribution in [2.24, 2.45) is 5.92 Å². The van der Waals surface area contributed by atoms with Gasteiger partial charge in [0.15, 0.2) is 5.78 Å². The number of nitrogens with one attached hydrogen (secondary N) is 1. The zero-order chi connectivity index (χ0) is 19.4. The number of nitrogens with zero attached hydrogens (tertiary/aromatic N) is 1. The molecule has 2 amide bonds. The standard InChI is InChI=1S/C21H22N2O4/c1-3-27-19-10-8-18(9-11-19)23-13-16(12-20(23)25)21(26)22-17-6-4-15(5-7-17)14(2)24/h4-11,16H,3,12-13H2,1-2H3,(H,22,26). The van der Waals surface area contributed by atoms with E-state index in [4.69, 9.17) is 4.74 Å². The fourth-order valence-corrected chi connectivity index (χ4v) is 3.05. The topological polar surface area (TPSA) is 75.7 Å². The predicted octanol–water partition coefficient (Wildman–Crippen LogP) is 3.28. The van der Waals surface area contributed by atoms with Crippen molar-refractivity contribution in [1.29, 1.82) is 0 Å². The van der Waals surface area contributed by atoms with Crippen LogP contribution in [-0.4, -0.2) is 30.7 Å². The van der Waals surface area contributed by atoms with Crippen LogP contribution < -0.4 is 15.0 Å². The molecule has 2 aromatic rings. The quantitative estimate of drug-likeness (QED) is 0.796. The number of benzene rings is 2. The van der Waals surface area contributed by atoms with Gasteiger partial charge >= 0.3 is 0 Å². The second kappa shape index (κ2) is 8.03. The maximum Gasteiger partial charge on any atom is 0.229 e. The third-order valence-corrected chi connectivity index (χ3v) is 4.51. The molecule has 0 saturated carbocycles. The van der Waals surface area contributed by atoms with E-state index in [1.54, 1.807) is 29.2 Å². The molecule has 2 aromatic carbocycles. The van der Waals surface area contributed by atoms with Gasteiger partial charge in [-0.15, -0.1) is 0 Å². The van der Waals surface area contributed by atoms with Crippen LogP contribution in [0.3, 0.4) is 0 Å². The summed E-state index contributed by atoms with van der Waals surface area (Å²) < 4.78 is 5.41. The molecule has 0 aromatic heterocycles. The molecule has 0 bridgehead atoms. The maximum atomic E-state index is 12.5. The van der Waals surface area contributed by atoms with Crippen LogP contribution in [-0.2, 0) is 9.59 Å². The number of hydrogen-bond donors (Lipinski definition) is 1. The lowest BCUT2D eigenvalue weighted by molar-refractivity contribution is -0.122. The van der Waals surface area contributed by atoms with Crippen molar-refractivity contribution >= 4 is 29.0 Å². The molecular weight excluding hydrogens is 344 g/mol. The van der Waals surface area contributed by atoms with E-state index in [9.17, 15) is 14.4 Å². The Morgan fingerprint density at radius 2 is 1.78 bits per heavy atom. The van der Waals surface area contributed by atoms with Crippen LogP contribution in [0.15, 0.2) is 48.5 Å². The van der Waals surface area contributed by atoms with E-state index in [0.717, 1.165) is 11.4 Å². The van der Waals surface area contributed by atoms with E-state index in [0.29, 0.717) is 24.4 Å². The summed E-state index contributed by atoms with van der Waals surface area (Å²) in [5.41, 5.74) is 1.95. The normalized spacial score (nSPS) is 16.3. The summed E-state index contributed by atoms with van der Waals surface area (Å²) in [5.74, 6) is 0.0200. The van der Waals surface area contributed by atoms with Gasteiger partial charge in [0.05, 0.1) is 12.5 Å². The highest BCUT2D eigenvalue weighted by molar-refractivity contribution is 6.03. The van der Waals surface area contributed by atoms with E-state index >= 15 is 0 Å². The first-order valence-corrected chi connectivity index (χ1v) is 8.93. The number of ether oxygens (including phenoxy) is 1. The molecule has 27 heavy (non-hydrogen) atoms. The highest BCUT2D eigenvalue weighted by atomic mass is 16.5. The number of anilines is 2. The zero-order valence-corrected chi connectivity index (χ0v) is 15.4. The molecule has 1 aliphatic rings. The molecule has 1 N–H and O–H groups in total. The van der Waals surface area contributed by atoms with Gasteiger partial charge in [0.1, 0.15) is 5.75 Å². The van der Waals surface area contributed by atoms with Gasteiger partial charge in [-0.25, -0.2) is 0 Å². The molecule has 1 fully saturated rings. The van der Waals surface area contributed by atoms with Crippen LogP contribution in [0.2, 0.25) is 0 Å². The number of carbonyl (C=O) groups excluding carboxylic acids is 3. The second-order valence-corrected chi connectivity index (χ2v) is 6.46. The molecule has 1 aliphatic heterocycles. The third kappa shape index (κ3) is 4.34. The molecule has 0 radical (unpaired) electrons. The van der Waals surface area contributed by atoms with Crippen molar-refractivity contribution < 1.29 is 19.1 Å². The maximum absolute atomic E-state index is 12.5. The van der Waals surface area contributed by atoms with Crippen molar-refractivity contribution in [1.82, 2.24) is 0 Å². The Morgan fingerprint density at radius 3 is 2.37 bits per heavy atom. The Morgan fingerprint density at radius 1 is 1.11 bits per heavy atom. The summed E-state index contributed by atoms with van der Waals surface area (Å²) in [5, 5.41) is 2.82. The highest BCUT2D eigenvalue weighted by Gasteiger charge is 2.35. The first-order chi connectivity index (χ1) is 13.0. The number of rotatable bonds is 6. The molecule has 1 saturated heterocycles. The molecule has 3 rings (SSSR count). The Labute approximate surface area is 158 Å². The van der Waals surface area contributed by atoms with Gasteiger partial charge < -0.3 is 15.0 Å². The van der Waals surface area contributed by atoms with Crippen molar-refractivity contribution in [3.05, 3.63) is 54.1 Å². The number of Topliss-reactive ketones (excluding diaryl/α,β-unsaturated/α-hetero) is 1. The lowest BCUT2D eigenvalue weighted by atomic mass is 10.1. The molecule has 0 spiro atoms. The summed E-state index contributed by atoms with van der Waals surface area (Å²) >= 11 is 0. The van der Waals surface area contributed by atoms with Crippen LogP contribution in [0, 0.1) is 5.92 Å². The van der Waals surface area contributed by atoms with Crippen LogP contribution in [0.25, 0.3) is 0 Å². The van der Waals surface area contributed by atoms with Gasteiger partial charge in [-0.05, 0) is 62.4 Å². The van der Waals surface area contributed by atoms with E-state index in [1.165, 1.54) is 6.92 Å². The number of carbonyl (C=O) groups is 3. The Bertz CT molecular complexity index is 843. The summed E-state index contributed by atoms with van der Waals surface area (Å²) in [6.45, 7) is 4.32. The van der Waals surface area contributed by atoms with Gasteiger partial charge in [-0.2, -0.15) is 0 Å². The SMILES string of the molecule is CCOc1ccc(N2CC(C(=O)Nc3ccc(C(C)=O)cc3)CC2=O)cc1. The molecule has 1 unspecified atom stereocenters. The van der Waals surface area contributed by atoms with Gasteiger partial charge in [-0.1, -0.05) is 0 Å². The zero-order valence-electron chi connectivity index (χ0n) is 15.4. The van der Waals surface area contributed by atoms with Gasteiger partial charge in [0.2, 0.25) is 11.8 Å². The highest BCUT2D eigenvalue weighted by Crippen LogP contribution is 2.27. The minimum absolute atomic E-state index is 0.0275.